The summed E-state index contributed by atoms with van der Waals surface area (Å²) in [5.41, 5.74) is 7.91. The summed E-state index contributed by atoms with van der Waals surface area (Å²) in [6, 6.07) is 25.6. The SMILES string of the molecule is CC(=O)c1ccc(NC(=O)O[C@H](c2ccc(O)c(F)c2)[C@@H](CC/C=C/C(=O)Nc2ccccc2N)Oc2ccccc2)cc1. The number of rotatable bonds is 12. The minimum Gasteiger partial charge on any atom is -0.505 e. The van der Waals surface area contributed by atoms with Crippen molar-refractivity contribution in [1.29, 1.82) is 0 Å². The number of hydrogen-bond acceptors (Lipinski definition) is 7. The van der Waals surface area contributed by atoms with E-state index in [2.05, 4.69) is 10.6 Å². The molecule has 9 nitrogen and oxygen atoms in total. The maximum atomic E-state index is 14.5. The van der Waals surface area contributed by atoms with Crippen LogP contribution in [0.25, 0.3) is 0 Å². The number of para-hydroxylation sites is 3. The lowest BCUT2D eigenvalue weighted by molar-refractivity contribution is -0.111. The number of carbonyl (C=O) groups is 3. The number of benzene rings is 4. The number of amides is 2. The van der Waals surface area contributed by atoms with Gasteiger partial charge in [-0.15, -0.1) is 0 Å². The predicted molar refractivity (Wildman–Crippen MR) is 166 cm³/mol. The van der Waals surface area contributed by atoms with Gasteiger partial charge in [-0.2, -0.15) is 0 Å². The molecule has 0 heterocycles. The van der Waals surface area contributed by atoms with Crippen molar-refractivity contribution >= 4 is 34.8 Å². The van der Waals surface area contributed by atoms with Crippen LogP contribution in [0.4, 0.5) is 26.2 Å². The Kier molecular flexibility index (Phi) is 10.7. The highest BCUT2D eigenvalue weighted by Crippen LogP contribution is 2.31. The minimum absolute atomic E-state index is 0.120. The van der Waals surface area contributed by atoms with Gasteiger partial charge in [0.2, 0.25) is 5.91 Å². The van der Waals surface area contributed by atoms with E-state index in [0.29, 0.717) is 34.8 Å². The molecule has 0 aromatic heterocycles. The Hall–Kier alpha value is -5.64. The molecule has 10 heteroatoms. The molecule has 0 radical (unpaired) electrons. The number of hydrogen-bond donors (Lipinski definition) is 4. The van der Waals surface area contributed by atoms with E-state index in [1.807, 2.05) is 6.07 Å². The van der Waals surface area contributed by atoms with Crippen LogP contribution in [-0.4, -0.2) is 29.0 Å². The first-order chi connectivity index (χ1) is 21.2. The zero-order valence-corrected chi connectivity index (χ0v) is 23.9. The van der Waals surface area contributed by atoms with Gasteiger partial charge in [-0.1, -0.05) is 42.5 Å². The molecular weight excluding hydrogens is 565 g/mol. The number of ketones is 1. The van der Waals surface area contributed by atoms with Crippen molar-refractivity contribution in [3.63, 3.8) is 0 Å². The summed E-state index contributed by atoms with van der Waals surface area (Å²) in [4.78, 5) is 37.1. The van der Waals surface area contributed by atoms with E-state index in [0.717, 1.165) is 6.07 Å². The zero-order chi connectivity index (χ0) is 31.5. The summed E-state index contributed by atoms with van der Waals surface area (Å²) in [7, 11) is 0. The van der Waals surface area contributed by atoms with E-state index < -0.39 is 29.9 Å². The fourth-order valence-corrected chi connectivity index (χ4v) is 4.29. The number of allylic oxidation sites excluding steroid dienone is 1. The number of Topliss-reactive ketones (excluding diaryl/α,β-unsaturated/α-hetero) is 1. The summed E-state index contributed by atoms with van der Waals surface area (Å²) in [5.74, 6) is -1.48. The summed E-state index contributed by atoms with van der Waals surface area (Å²) < 4.78 is 26.5. The Bertz CT molecular complexity index is 1630. The Morgan fingerprint density at radius 1 is 0.932 bits per heavy atom. The van der Waals surface area contributed by atoms with Crippen molar-refractivity contribution in [2.24, 2.45) is 0 Å². The fourth-order valence-electron chi connectivity index (χ4n) is 4.29. The van der Waals surface area contributed by atoms with Gasteiger partial charge in [-0.25, -0.2) is 9.18 Å². The number of phenolic OH excluding ortho intramolecular Hbond substituents is 1. The molecule has 0 aliphatic carbocycles. The molecule has 2 atom stereocenters. The van der Waals surface area contributed by atoms with Crippen molar-refractivity contribution in [2.45, 2.75) is 32.0 Å². The van der Waals surface area contributed by atoms with Gasteiger partial charge in [0.15, 0.2) is 23.5 Å². The van der Waals surface area contributed by atoms with E-state index in [4.69, 9.17) is 15.2 Å². The van der Waals surface area contributed by atoms with Gasteiger partial charge >= 0.3 is 6.09 Å². The smallest absolute Gasteiger partial charge is 0.412 e. The molecule has 0 saturated heterocycles. The van der Waals surface area contributed by atoms with Crippen LogP contribution in [0.2, 0.25) is 0 Å². The number of carbonyl (C=O) groups excluding carboxylic acids is 3. The number of nitrogen functional groups attached to an aromatic ring is 1. The van der Waals surface area contributed by atoms with Crippen LogP contribution in [-0.2, 0) is 9.53 Å². The molecule has 0 unspecified atom stereocenters. The third-order valence-electron chi connectivity index (χ3n) is 6.55. The van der Waals surface area contributed by atoms with Gasteiger partial charge < -0.3 is 25.6 Å². The largest absolute Gasteiger partial charge is 0.505 e. The Morgan fingerprint density at radius 2 is 1.64 bits per heavy atom. The second-order valence-corrected chi connectivity index (χ2v) is 9.82. The summed E-state index contributed by atoms with van der Waals surface area (Å²) >= 11 is 0. The molecule has 4 rings (SSSR count). The van der Waals surface area contributed by atoms with E-state index in [1.54, 1.807) is 78.9 Å². The van der Waals surface area contributed by atoms with Gasteiger partial charge in [-0.05, 0) is 92.1 Å². The summed E-state index contributed by atoms with van der Waals surface area (Å²) in [5, 5.41) is 15.1. The fraction of sp³-hybridized carbons (Fsp3) is 0.147. The molecule has 4 aromatic rings. The highest BCUT2D eigenvalue weighted by atomic mass is 19.1. The first kappa shape index (κ1) is 31.3. The van der Waals surface area contributed by atoms with Crippen LogP contribution in [0.1, 0.15) is 41.8 Å². The van der Waals surface area contributed by atoms with Crippen LogP contribution in [0.15, 0.2) is 109 Å². The lowest BCUT2D eigenvalue weighted by atomic mass is 9.99. The van der Waals surface area contributed by atoms with Crippen LogP contribution >= 0.6 is 0 Å². The minimum atomic E-state index is -1.13. The lowest BCUT2D eigenvalue weighted by Gasteiger charge is -2.28. The first-order valence-corrected chi connectivity index (χ1v) is 13.8. The van der Waals surface area contributed by atoms with Crippen molar-refractivity contribution < 1.29 is 33.4 Å². The number of nitrogens with two attached hydrogens (primary N) is 1. The average molecular weight is 598 g/mol. The topological polar surface area (TPSA) is 140 Å². The molecule has 0 aliphatic heterocycles. The number of anilines is 3. The van der Waals surface area contributed by atoms with Gasteiger partial charge in [0.05, 0.1) is 11.4 Å². The number of nitrogens with one attached hydrogen (secondary N) is 2. The van der Waals surface area contributed by atoms with Gasteiger partial charge in [0.25, 0.3) is 0 Å². The molecule has 44 heavy (non-hydrogen) atoms. The number of phenols is 1. The van der Waals surface area contributed by atoms with Crippen molar-refractivity contribution in [3.8, 4) is 11.5 Å². The quantitative estimate of drug-likeness (QED) is 0.0781. The zero-order valence-electron chi connectivity index (χ0n) is 23.9. The molecule has 0 spiro atoms. The Balaban J connectivity index is 1.55. The third-order valence-corrected chi connectivity index (χ3v) is 6.55. The van der Waals surface area contributed by atoms with E-state index >= 15 is 0 Å². The molecular formula is C34H32FN3O6. The van der Waals surface area contributed by atoms with Crippen LogP contribution in [0.3, 0.4) is 0 Å². The average Bonchev–Trinajstić information content (AvgIpc) is 3.01. The van der Waals surface area contributed by atoms with E-state index in [9.17, 15) is 23.9 Å². The summed E-state index contributed by atoms with van der Waals surface area (Å²) in [6.07, 6.45) is 0.748. The van der Waals surface area contributed by atoms with E-state index in [1.165, 1.54) is 25.1 Å². The summed E-state index contributed by atoms with van der Waals surface area (Å²) in [6.45, 7) is 1.44. The second kappa shape index (κ2) is 15.0. The number of aromatic hydroxyl groups is 1. The van der Waals surface area contributed by atoms with Crippen molar-refractivity contribution in [2.75, 3.05) is 16.4 Å². The van der Waals surface area contributed by atoms with Gasteiger partial charge in [0, 0.05) is 11.3 Å². The van der Waals surface area contributed by atoms with Crippen molar-refractivity contribution in [3.05, 3.63) is 126 Å². The highest BCUT2D eigenvalue weighted by Gasteiger charge is 2.30. The molecule has 0 fully saturated rings. The molecule has 226 valence electrons. The Labute approximate surface area is 254 Å². The normalized spacial score (nSPS) is 12.2. The molecule has 5 N–H and O–H groups in total. The maximum Gasteiger partial charge on any atom is 0.412 e. The lowest BCUT2D eigenvalue weighted by Crippen LogP contribution is -2.31. The predicted octanol–water partition coefficient (Wildman–Crippen LogP) is 7.03. The maximum absolute atomic E-state index is 14.5. The first-order valence-electron chi connectivity index (χ1n) is 13.8. The van der Waals surface area contributed by atoms with Crippen molar-refractivity contribution in [1.82, 2.24) is 0 Å². The molecule has 4 aromatic carbocycles. The monoisotopic (exact) mass is 597 g/mol. The molecule has 0 aliphatic rings. The second-order valence-electron chi connectivity index (χ2n) is 9.82. The molecule has 2 amide bonds. The Morgan fingerprint density at radius 3 is 2.32 bits per heavy atom. The number of ether oxygens (including phenoxy) is 2. The molecule has 0 saturated carbocycles. The van der Waals surface area contributed by atoms with Gasteiger partial charge in [-0.3, -0.25) is 14.9 Å². The standard InChI is InChI=1S/C34H32FN3O6/c1-22(39)23-15-18-25(19-16-23)37-34(42)44-33(24-17-20-30(40)27(35)21-24)31(43-26-9-3-2-4-10-26)13-7-8-14-32(41)38-29-12-6-5-11-28(29)36/h2-6,8-12,14-21,31,33,40H,7,13,36H2,1H3,(H,37,42)(H,38,41)/b14-8+/t31-,33-/m1/s1. The van der Waals surface area contributed by atoms with E-state index in [-0.39, 0.29) is 23.7 Å². The number of halogens is 1. The van der Waals surface area contributed by atoms with Gasteiger partial charge in [0.1, 0.15) is 11.9 Å². The highest BCUT2D eigenvalue weighted by molar-refractivity contribution is 6.01. The van der Waals surface area contributed by atoms with Crippen LogP contribution < -0.4 is 21.1 Å². The van der Waals surface area contributed by atoms with Crippen LogP contribution in [0, 0.1) is 5.82 Å². The van der Waals surface area contributed by atoms with Crippen LogP contribution in [0.5, 0.6) is 11.5 Å². The third kappa shape index (κ3) is 8.93. The molecule has 0 bridgehead atoms.